The fourth-order valence-electron chi connectivity index (χ4n) is 14.2. The highest BCUT2D eigenvalue weighted by Gasteiger charge is 2.64. The average Bonchev–Trinajstić information content (AvgIpc) is 4.00. The third kappa shape index (κ3) is 9.47. The SMILES string of the molecule is COc1cc(OC2C(C)(C)C(NC(=O)c3ccc(N4C[C@@H](C)C(CN5CCC(N6N=C(N7CCCc8cc(-c9cnn(C)c9)c(C(F)F)cc87)C7CN(C(C)=O)CCC76)CC5)[C@@H](C)C4)cc3)C2(C)C)ccc1C#N. The van der Waals surface area contributed by atoms with Crippen LogP contribution in [0.5, 0.6) is 11.5 Å². The number of hydrogen-bond donors (Lipinski definition) is 1. The zero-order valence-electron chi connectivity index (χ0n) is 44.7. The molecular formula is C58H74F2N10O4. The number of hydrogen-bond acceptors (Lipinski definition) is 11. The first-order chi connectivity index (χ1) is 35.4. The van der Waals surface area contributed by atoms with Crippen molar-refractivity contribution >= 4 is 29.0 Å². The Morgan fingerprint density at radius 1 is 0.932 bits per heavy atom. The van der Waals surface area contributed by atoms with Gasteiger partial charge in [-0.25, -0.2) is 8.78 Å². The van der Waals surface area contributed by atoms with E-state index in [-0.39, 0.29) is 58.4 Å². The lowest BCUT2D eigenvalue weighted by atomic mass is 9.49. The normalized spacial score (nSPS) is 26.7. The number of carbonyl (C=O) groups excluding carboxylic acids is 2. The van der Waals surface area contributed by atoms with Gasteiger partial charge < -0.3 is 34.4 Å². The number of rotatable bonds is 11. The quantitative estimate of drug-likeness (QED) is 0.155. The van der Waals surface area contributed by atoms with Crippen LogP contribution in [0.3, 0.4) is 0 Å². The van der Waals surface area contributed by atoms with Crippen molar-refractivity contribution in [1.29, 1.82) is 5.26 Å². The van der Waals surface area contributed by atoms with E-state index >= 15 is 0 Å². The van der Waals surface area contributed by atoms with Crippen LogP contribution < -0.4 is 24.6 Å². The van der Waals surface area contributed by atoms with E-state index in [2.05, 4.69) is 89.9 Å². The van der Waals surface area contributed by atoms with E-state index in [1.54, 1.807) is 62.4 Å². The number of aromatic nitrogens is 2. The lowest BCUT2D eigenvalue weighted by Gasteiger charge is -2.63. The largest absolute Gasteiger partial charge is 0.495 e. The molecule has 6 heterocycles. The Hall–Kier alpha value is -6.21. The van der Waals surface area contributed by atoms with E-state index in [9.17, 15) is 23.6 Å². The number of hydrazone groups is 1. The molecule has 74 heavy (non-hydrogen) atoms. The number of nitrogens with one attached hydrogen (secondary N) is 1. The van der Waals surface area contributed by atoms with E-state index in [4.69, 9.17) is 14.6 Å². The monoisotopic (exact) mass is 1010 g/mol. The minimum atomic E-state index is -2.65. The molecule has 16 heteroatoms. The fraction of sp³-hybridized carbons (Fsp3) is 0.569. The zero-order valence-corrected chi connectivity index (χ0v) is 44.7. The maximum Gasteiger partial charge on any atom is 0.264 e. The van der Waals surface area contributed by atoms with Crippen LogP contribution in [0, 0.1) is 45.8 Å². The molecule has 5 atom stereocenters. The van der Waals surface area contributed by atoms with Gasteiger partial charge in [0.05, 0.1) is 30.8 Å². The van der Waals surface area contributed by atoms with Gasteiger partial charge in [0.1, 0.15) is 29.5 Å². The summed E-state index contributed by atoms with van der Waals surface area (Å²) >= 11 is 0. The maximum atomic E-state index is 14.8. The molecule has 0 radical (unpaired) electrons. The summed E-state index contributed by atoms with van der Waals surface area (Å²) < 4.78 is 43.2. The lowest BCUT2D eigenvalue weighted by Crippen LogP contribution is -2.74. The number of fused-ring (bicyclic) bond motifs is 2. The Morgan fingerprint density at radius 3 is 2.28 bits per heavy atom. The average molecular weight is 1010 g/mol. The van der Waals surface area contributed by atoms with Crippen LogP contribution >= 0.6 is 0 Å². The van der Waals surface area contributed by atoms with E-state index < -0.39 is 6.43 Å². The van der Waals surface area contributed by atoms with Crippen molar-refractivity contribution in [3.05, 3.63) is 89.2 Å². The summed E-state index contributed by atoms with van der Waals surface area (Å²) in [6.07, 6.45) is 5.13. The Kier molecular flexibility index (Phi) is 14.0. The molecule has 1 aliphatic carbocycles. The van der Waals surface area contributed by atoms with Crippen LogP contribution in [0.15, 0.2) is 72.1 Å². The van der Waals surface area contributed by atoms with Gasteiger partial charge in [-0.2, -0.15) is 15.5 Å². The highest BCUT2D eigenvalue weighted by molar-refractivity contribution is 6.02. The third-order valence-corrected chi connectivity index (χ3v) is 17.8. The number of nitriles is 1. The van der Waals surface area contributed by atoms with Crippen molar-refractivity contribution in [2.75, 3.05) is 69.3 Å². The summed E-state index contributed by atoms with van der Waals surface area (Å²) in [7, 11) is 3.34. The number of ether oxygens (including phenoxy) is 2. The third-order valence-electron chi connectivity index (χ3n) is 17.8. The minimum absolute atomic E-state index is 0.000418. The summed E-state index contributed by atoms with van der Waals surface area (Å²) in [6.45, 7) is 21.8. The number of benzene rings is 3. The molecule has 10 rings (SSSR count). The number of halogens is 2. The number of aryl methyl sites for hydroxylation is 2. The van der Waals surface area contributed by atoms with Crippen LogP contribution in [0.4, 0.5) is 20.2 Å². The summed E-state index contributed by atoms with van der Waals surface area (Å²) in [5, 5.41) is 24.9. The van der Waals surface area contributed by atoms with E-state index in [0.29, 0.717) is 71.1 Å². The van der Waals surface area contributed by atoms with Crippen molar-refractivity contribution in [3.8, 4) is 28.7 Å². The van der Waals surface area contributed by atoms with Crippen LogP contribution in [0.25, 0.3) is 11.1 Å². The number of likely N-dealkylation sites (tertiary alicyclic amines) is 2. The van der Waals surface area contributed by atoms with Gasteiger partial charge in [-0.1, -0.05) is 41.5 Å². The number of amides is 2. The lowest BCUT2D eigenvalue weighted by molar-refractivity contribution is -0.164. The van der Waals surface area contributed by atoms with E-state index in [0.717, 1.165) is 87.6 Å². The number of methoxy groups -OCH3 is 1. The highest BCUT2D eigenvalue weighted by atomic mass is 19.3. The second kappa shape index (κ2) is 20.1. The molecule has 0 bridgehead atoms. The second-order valence-corrected chi connectivity index (χ2v) is 23.4. The van der Waals surface area contributed by atoms with Crippen molar-refractivity contribution in [1.82, 2.24) is 29.9 Å². The van der Waals surface area contributed by atoms with Gasteiger partial charge in [0.15, 0.2) is 0 Å². The molecule has 394 valence electrons. The number of alkyl halides is 2. The molecule has 2 amide bonds. The number of carbonyl (C=O) groups is 2. The molecule has 4 fully saturated rings. The van der Waals surface area contributed by atoms with Crippen LogP contribution in [-0.4, -0.2) is 126 Å². The van der Waals surface area contributed by atoms with Crippen LogP contribution in [-0.2, 0) is 18.3 Å². The van der Waals surface area contributed by atoms with E-state index in [1.807, 2.05) is 23.1 Å². The van der Waals surface area contributed by atoms with Crippen molar-refractivity contribution in [3.63, 3.8) is 0 Å². The number of piperidine rings is 3. The first kappa shape index (κ1) is 51.3. The topological polar surface area (TPSA) is 135 Å². The molecular weight excluding hydrogens is 939 g/mol. The van der Waals surface area contributed by atoms with Gasteiger partial charge in [0, 0.05) is 130 Å². The van der Waals surface area contributed by atoms with Gasteiger partial charge in [-0.05, 0) is 110 Å². The molecule has 3 aromatic carbocycles. The Balaban J connectivity index is 0.755. The Labute approximate surface area is 435 Å². The molecule has 1 aromatic heterocycles. The minimum Gasteiger partial charge on any atom is -0.495 e. The number of nitrogens with zero attached hydrogens (tertiary/aromatic N) is 9. The van der Waals surface area contributed by atoms with Gasteiger partial charge in [0.2, 0.25) is 5.91 Å². The maximum absolute atomic E-state index is 14.8. The molecule has 4 aromatic rings. The predicted molar refractivity (Wildman–Crippen MR) is 284 cm³/mol. The number of anilines is 2. The van der Waals surface area contributed by atoms with Gasteiger partial charge >= 0.3 is 0 Å². The molecule has 14 nitrogen and oxygen atoms in total. The summed E-state index contributed by atoms with van der Waals surface area (Å²) in [4.78, 5) is 35.9. The number of amidine groups is 1. The Bertz CT molecular complexity index is 2790. The summed E-state index contributed by atoms with van der Waals surface area (Å²) in [5.41, 5.74) is 4.57. The van der Waals surface area contributed by atoms with Crippen molar-refractivity contribution in [2.24, 2.45) is 46.7 Å². The highest BCUT2D eigenvalue weighted by Crippen LogP contribution is 2.56. The standard InChI is InChI=1S/C58H74F2N10O4/c1-35-30-68(42-15-12-38(13-16-42)54(72)63-55-57(4,5)56(58(55,6)7)74-44-17-14-40(28-61)51(26-44)73-9)31-36(2)47(35)33-66-22-18-43(19-23-66)70-49-20-24-67(37(3)71)34-48(49)53(64-70)69-21-10-11-39-25-45(41-29-62-65(8)32-41)46(52(59)60)27-50(39)69/h12-17,25-27,29,32,35-36,43,47-49,52,55-56H,10-11,18-24,30-31,33-34H2,1-9H3,(H,63,72)/t35-,36+,47?,48?,49?,55?,56?. The molecule has 0 spiro atoms. The molecule has 3 saturated heterocycles. The molecule has 5 aliphatic heterocycles. The first-order valence-electron chi connectivity index (χ1n) is 26.8. The molecule has 1 N–H and O–H groups in total. The van der Waals surface area contributed by atoms with Crippen molar-refractivity contribution in [2.45, 2.75) is 111 Å². The molecule has 6 aliphatic rings. The Morgan fingerprint density at radius 2 is 1.65 bits per heavy atom. The van der Waals surface area contributed by atoms with Crippen LogP contribution in [0.2, 0.25) is 0 Å². The second-order valence-electron chi connectivity index (χ2n) is 23.4. The van der Waals surface area contributed by atoms with Crippen LogP contribution in [0.1, 0.15) is 108 Å². The van der Waals surface area contributed by atoms with Gasteiger partial charge in [-0.3, -0.25) is 19.3 Å². The van der Waals surface area contributed by atoms with E-state index in [1.165, 1.54) is 0 Å². The predicted octanol–water partition coefficient (Wildman–Crippen LogP) is 9.01. The van der Waals surface area contributed by atoms with Gasteiger partial charge in [0.25, 0.3) is 12.3 Å². The fourth-order valence-corrected chi connectivity index (χ4v) is 14.2. The summed E-state index contributed by atoms with van der Waals surface area (Å²) in [6, 6.07) is 19.4. The van der Waals surface area contributed by atoms with Gasteiger partial charge in [-0.15, -0.1) is 0 Å². The first-order valence-corrected chi connectivity index (χ1v) is 26.8. The molecule has 1 saturated carbocycles. The summed E-state index contributed by atoms with van der Waals surface area (Å²) in [5.74, 6) is 3.46. The zero-order chi connectivity index (χ0) is 52.4. The van der Waals surface area contributed by atoms with Crippen molar-refractivity contribution < 1.29 is 27.8 Å². The molecule has 3 unspecified atom stereocenters. The smallest absolute Gasteiger partial charge is 0.264 e.